The fourth-order valence-corrected chi connectivity index (χ4v) is 5.57. The van der Waals surface area contributed by atoms with Crippen molar-refractivity contribution in [2.75, 3.05) is 26.2 Å². The van der Waals surface area contributed by atoms with E-state index in [1.54, 1.807) is 0 Å². The van der Waals surface area contributed by atoms with Gasteiger partial charge in [0.05, 0.1) is 17.4 Å². The molecule has 0 bridgehead atoms. The summed E-state index contributed by atoms with van der Waals surface area (Å²) in [5, 5.41) is 0. The molecule has 1 aromatic carbocycles. The lowest BCUT2D eigenvalue weighted by Gasteiger charge is -2.28. The summed E-state index contributed by atoms with van der Waals surface area (Å²) in [6.45, 7) is 11.1. The highest BCUT2D eigenvalue weighted by Gasteiger charge is 2.58. The van der Waals surface area contributed by atoms with E-state index in [4.69, 9.17) is 4.98 Å². The monoisotopic (exact) mass is 420 g/mol. The van der Waals surface area contributed by atoms with Gasteiger partial charge in [0, 0.05) is 50.9 Å². The molecule has 0 radical (unpaired) electrons. The number of carbonyl (C=O) groups is 1. The standard InChI is InChI=1S/C26H36N4O/c1-4-20-5-7-21(8-6-20)13-28-15-23(24-16-30(18-27-24)19(2)3)26(17-28)11-12-29(25(26)31)14-22-9-10-22/h5-8,16,18-19,22-23H,4,9-15,17H2,1-3H3/t23-,26+/m0/s1. The predicted molar refractivity (Wildman–Crippen MR) is 123 cm³/mol. The Morgan fingerprint density at radius 3 is 2.55 bits per heavy atom. The summed E-state index contributed by atoms with van der Waals surface area (Å²) < 4.78 is 2.18. The van der Waals surface area contributed by atoms with E-state index in [0.29, 0.717) is 11.9 Å². The van der Waals surface area contributed by atoms with Crippen molar-refractivity contribution in [1.82, 2.24) is 19.4 Å². The normalized spacial score (nSPS) is 26.6. The molecule has 166 valence electrons. The zero-order chi connectivity index (χ0) is 21.6. The van der Waals surface area contributed by atoms with Gasteiger partial charge in [0.15, 0.2) is 0 Å². The summed E-state index contributed by atoms with van der Waals surface area (Å²) in [6.07, 6.45) is 8.74. The van der Waals surface area contributed by atoms with Crippen molar-refractivity contribution in [3.8, 4) is 0 Å². The van der Waals surface area contributed by atoms with Crippen LogP contribution in [0.3, 0.4) is 0 Å². The molecule has 3 aliphatic rings. The van der Waals surface area contributed by atoms with E-state index >= 15 is 0 Å². The summed E-state index contributed by atoms with van der Waals surface area (Å²) in [5.74, 6) is 1.30. The number of hydrogen-bond donors (Lipinski definition) is 0. The highest BCUT2D eigenvalue weighted by atomic mass is 16.2. The number of benzene rings is 1. The van der Waals surface area contributed by atoms with Crippen molar-refractivity contribution < 1.29 is 4.79 Å². The van der Waals surface area contributed by atoms with Gasteiger partial charge >= 0.3 is 0 Å². The first-order valence-corrected chi connectivity index (χ1v) is 12.1. The molecule has 0 unspecified atom stereocenters. The van der Waals surface area contributed by atoms with E-state index in [1.807, 2.05) is 6.33 Å². The SMILES string of the molecule is CCc1ccc(CN2C[C@@H](c3cn(C(C)C)cn3)[C@@]3(CCN(CC4CC4)C3=O)C2)cc1. The molecule has 5 heteroatoms. The molecule has 1 aromatic heterocycles. The largest absolute Gasteiger partial charge is 0.342 e. The summed E-state index contributed by atoms with van der Waals surface area (Å²) in [7, 11) is 0. The van der Waals surface area contributed by atoms with Crippen LogP contribution in [0.15, 0.2) is 36.8 Å². The Morgan fingerprint density at radius 2 is 1.90 bits per heavy atom. The van der Waals surface area contributed by atoms with E-state index in [-0.39, 0.29) is 11.3 Å². The molecule has 3 heterocycles. The van der Waals surface area contributed by atoms with Crippen molar-refractivity contribution in [1.29, 1.82) is 0 Å². The third-order valence-electron chi connectivity index (χ3n) is 7.74. The molecule has 2 aromatic rings. The maximum atomic E-state index is 13.8. The van der Waals surface area contributed by atoms with Crippen molar-refractivity contribution in [3.63, 3.8) is 0 Å². The Hall–Kier alpha value is -2.14. The average molecular weight is 421 g/mol. The quantitative estimate of drug-likeness (QED) is 0.672. The van der Waals surface area contributed by atoms with E-state index < -0.39 is 0 Å². The molecule has 1 aliphatic carbocycles. The molecule has 2 saturated heterocycles. The van der Waals surface area contributed by atoms with Crippen LogP contribution in [0, 0.1) is 11.3 Å². The topological polar surface area (TPSA) is 41.4 Å². The fraction of sp³-hybridized carbons (Fsp3) is 0.615. The second-order valence-corrected chi connectivity index (χ2v) is 10.3. The number of nitrogens with zero attached hydrogens (tertiary/aromatic N) is 4. The smallest absolute Gasteiger partial charge is 0.230 e. The number of hydrogen-bond acceptors (Lipinski definition) is 3. The van der Waals surface area contributed by atoms with Crippen LogP contribution >= 0.6 is 0 Å². The molecule has 1 saturated carbocycles. The zero-order valence-electron chi connectivity index (χ0n) is 19.3. The van der Waals surface area contributed by atoms with Crippen molar-refractivity contribution in [2.45, 2.75) is 65.0 Å². The lowest BCUT2D eigenvalue weighted by Crippen LogP contribution is -2.40. The molecule has 1 spiro atoms. The summed E-state index contributed by atoms with van der Waals surface area (Å²) >= 11 is 0. The van der Waals surface area contributed by atoms with Crippen LogP contribution in [-0.2, 0) is 17.8 Å². The zero-order valence-corrected chi connectivity index (χ0v) is 19.3. The minimum atomic E-state index is -0.311. The van der Waals surface area contributed by atoms with Crippen LogP contribution in [0.1, 0.15) is 68.8 Å². The van der Waals surface area contributed by atoms with Crippen LogP contribution in [0.25, 0.3) is 0 Å². The van der Waals surface area contributed by atoms with Crippen LogP contribution in [-0.4, -0.2) is 51.4 Å². The first kappa shape index (κ1) is 20.7. The number of aromatic nitrogens is 2. The van der Waals surface area contributed by atoms with E-state index in [9.17, 15) is 4.79 Å². The van der Waals surface area contributed by atoms with Gasteiger partial charge in [-0.1, -0.05) is 31.2 Å². The van der Waals surface area contributed by atoms with Gasteiger partial charge in [-0.2, -0.15) is 0 Å². The van der Waals surface area contributed by atoms with E-state index in [1.165, 1.54) is 24.0 Å². The highest BCUT2D eigenvalue weighted by molar-refractivity contribution is 5.87. The third-order valence-corrected chi connectivity index (χ3v) is 7.74. The van der Waals surface area contributed by atoms with Crippen molar-refractivity contribution in [3.05, 3.63) is 53.6 Å². The van der Waals surface area contributed by atoms with Gasteiger partial charge in [0.1, 0.15) is 0 Å². The molecule has 5 rings (SSSR count). The van der Waals surface area contributed by atoms with Gasteiger partial charge in [-0.3, -0.25) is 9.69 Å². The predicted octanol–water partition coefficient (Wildman–Crippen LogP) is 4.25. The first-order valence-electron chi connectivity index (χ1n) is 12.1. The molecule has 2 atom stereocenters. The molecule has 1 amide bonds. The second kappa shape index (κ2) is 8.09. The molecule has 0 N–H and O–H groups in total. The lowest BCUT2D eigenvalue weighted by atomic mass is 9.75. The number of rotatable bonds is 7. The number of carbonyl (C=O) groups excluding carboxylic acids is 1. The fourth-order valence-electron chi connectivity index (χ4n) is 5.57. The molecule has 31 heavy (non-hydrogen) atoms. The molecular weight excluding hydrogens is 384 g/mol. The summed E-state index contributed by atoms with van der Waals surface area (Å²) in [5.41, 5.74) is 3.49. The molecular formula is C26H36N4O. The van der Waals surface area contributed by atoms with Gasteiger partial charge in [-0.15, -0.1) is 0 Å². The van der Waals surface area contributed by atoms with E-state index in [2.05, 4.69) is 65.6 Å². The minimum Gasteiger partial charge on any atom is -0.342 e. The van der Waals surface area contributed by atoms with Crippen LogP contribution in [0.5, 0.6) is 0 Å². The maximum absolute atomic E-state index is 13.8. The Labute approximate surface area is 186 Å². The van der Waals surface area contributed by atoms with Gasteiger partial charge in [0.2, 0.25) is 5.91 Å². The van der Waals surface area contributed by atoms with Gasteiger partial charge in [-0.25, -0.2) is 4.98 Å². The summed E-state index contributed by atoms with van der Waals surface area (Å²) in [4.78, 5) is 23.2. The number of amides is 1. The first-order chi connectivity index (χ1) is 15.0. The van der Waals surface area contributed by atoms with Crippen LogP contribution < -0.4 is 0 Å². The lowest BCUT2D eigenvalue weighted by molar-refractivity contribution is -0.136. The average Bonchev–Trinajstić information content (AvgIpc) is 3.19. The number of likely N-dealkylation sites (tertiary alicyclic amines) is 2. The number of imidazole rings is 1. The van der Waals surface area contributed by atoms with Crippen molar-refractivity contribution >= 4 is 5.91 Å². The van der Waals surface area contributed by atoms with E-state index in [0.717, 1.165) is 57.2 Å². The molecule has 3 fully saturated rings. The highest BCUT2D eigenvalue weighted by Crippen LogP contribution is 2.50. The van der Waals surface area contributed by atoms with Gasteiger partial charge in [-0.05, 0) is 56.6 Å². The minimum absolute atomic E-state index is 0.180. The Balaban J connectivity index is 1.40. The van der Waals surface area contributed by atoms with Crippen molar-refractivity contribution in [2.24, 2.45) is 11.3 Å². The summed E-state index contributed by atoms with van der Waals surface area (Å²) in [6, 6.07) is 9.37. The Bertz CT molecular complexity index is 929. The molecule has 5 nitrogen and oxygen atoms in total. The van der Waals surface area contributed by atoms with Crippen LogP contribution in [0.4, 0.5) is 0 Å². The van der Waals surface area contributed by atoms with Crippen LogP contribution in [0.2, 0.25) is 0 Å². The number of aryl methyl sites for hydroxylation is 1. The van der Waals surface area contributed by atoms with Gasteiger partial charge in [0.25, 0.3) is 0 Å². The third kappa shape index (κ3) is 3.93. The maximum Gasteiger partial charge on any atom is 0.230 e. The Morgan fingerprint density at radius 1 is 1.16 bits per heavy atom. The second-order valence-electron chi connectivity index (χ2n) is 10.3. The Kier molecular flexibility index (Phi) is 5.41. The molecule has 2 aliphatic heterocycles. The van der Waals surface area contributed by atoms with Gasteiger partial charge < -0.3 is 9.47 Å².